The Bertz CT molecular complexity index is 198. The summed E-state index contributed by atoms with van der Waals surface area (Å²) >= 11 is 0. The van der Waals surface area contributed by atoms with Gasteiger partial charge in [-0.05, 0) is 13.8 Å². The topological polar surface area (TPSA) is 44.8 Å². The molecule has 1 atom stereocenters. The van der Waals surface area contributed by atoms with Crippen molar-refractivity contribution in [2.24, 2.45) is 0 Å². The molecule has 1 heterocycles. The third-order valence-electron chi connectivity index (χ3n) is 1.02. The molecule has 1 fully saturated rings. The van der Waals surface area contributed by atoms with Crippen LogP contribution in [0.2, 0.25) is 0 Å². The second-order valence-electron chi connectivity index (χ2n) is 2.48. The van der Waals surface area contributed by atoms with Crippen molar-refractivity contribution in [1.29, 1.82) is 0 Å². The Labute approximate surface area is 77.8 Å². The van der Waals surface area contributed by atoms with Crippen molar-refractivity contribution in [3.8, 4) is 0 Å². The fourth-order valence-corrected chi connectivity index (χ4v) is 0.560. The molecule has 0 saturated carbocycles. The van der Waals surface area contributed by atoms with Gasteiger partial charge in [0.1, 0.15) is 12.7 Å². The molecule has 0 aliphatic carbocycles. The number of ether oxygens (including phenoxy) is 3. The molecule has 4 nitrogen and oxygen atoms in total. The lowest BCUT2D eigenvalue weighted by atomic mass is 10.5. The van der Waals surface area contributed by atoms with E-state index in [1.807, 2.05) is 0 Å². The van der Waals surface area contributed by atoms with Crippen LogP contribution in [-0.4, -0.2) is 18.9 Å². The van der Waals surface area contributed by atoms with Crippen LogP contribution in [0.1, 0.15) is 13.8 Å². The zero-order valence-corrected chi connectivity index (χ0v) is 7.91. The number of hydrogen-bond acceptors (Lipinski definition) is 4. The van der Waals surface area contributed by atoms with Gasteiger partial charge in [0.15, 0.2) is 0 Å². The maximum Gasteiger partial charge on any atom is 0.508 e. The number of cyclic esters (lactones) is 2. The molecule has 1 saturated heterocycles. The van der Waals surface area contributed by atoms with Gasteiger partial charge in [0.2, 0.25) is 0 Å². The number of carbonyl (C=O) groups is 1. The molecular weight excluding hydrogens is 172 g/mol. The van der Waals surface area contributed by atoms with E-state index in [1.165, 1.54) is 6.26 Å². The molecule has 13 heavy (non-hydrogen) atoms. The van der Waals surface area contributed by atoms with Crippen LogP contribution >= 0.6 is 0 Å². The highest BCUT2D eigenvalue weighted by Gasteiger charge is 2.19. The minimum absolute atomic E-state index is 0.0486. The molecule has 0 aromatic carbocycles. The third-order valence-corrected chi connectivity index (χ3v) is 1.02. The zero-order valence-electron chi connectivity index (χ0n) is 7.91. The summed E-state index contributed by atoms with van der Waals surface area (Å²) < 4.78 is 13.5. The van der Waals surface area contributed by atoms with Gasteiger partial charge in [-0.2, -0.15) is 0 Å². The lowest BCUT2D eigenvalue weighted by Gasteiger charge is -1.90. The minimum atomic E-state index is -0.549. The van der Waals surface area contributed by atoms with Crippen LogP contribution in [0.25, 0.3) is 0 Å². The normalized spacial score (nSPS) is 18.9. The Morgan fingerprint density at radius 3 is 2.46 bits per heavy atom. The SMILES string of the molecule is C=COC(=C)C.CC1COC(=O)O1. The average Bonchev–Trinajstić information content (AvgIpc) is 2.35. The van der Waals surface area contributed by atoms with E-state index < -0.39 is 6.16 Å². The first kappa shape index (κ1) is 11.6. The van der Waals surface area contributed by atoms with Crippen molar-refractivity contribution < 1.29 is 19.0 Å². The van der Waals surface area contributed by atoms with E-state index in [2.05, 4.69) is 27.4 Å². The first-order valence-electron chi connectivity index (χ1n) is 3.82. The highest BCUT2D eigenvalue weighted by atomic mass is 16.8. The molecule has 0 radical (unpaired) electrons. The van der Waals surface area contributed by atoms with Crippen LogP contribution in [0, 0.1) is 0 Å². The monoisotopic (exact) mass is 186 g/mol. The largest absolute Gasteiger partial charge is 0.508 e. The molecule has 0 amide bonds. The van der Waals surface area contributed by atoms with Crippen molar-refractivity contribution in [2.45, 2.75) is 20.0 Å². The smallest absolute Gasteiger partial charge is 0.471 e. The van der Waals surface area contributed by atoms with Gasteiger partial charge in [-0.3, -0.25) is 0 Å². The van der Waals surface area contributed by atoms with Crippen molar-refractivity contribution in [2.75, 3.05) is 6.61 Å². The van der Waals surface area contributed by atoms with E-state index in [1.54, 1.807) is 13.8 Å². The van der Waals surface area contributed by atoms with Gasteiger partial charge in [-0.15, -0.1) is 0 Å². The quantitative estimate of drug-likeness (QED) is 0.490. The predicted octanol–water partition coefficient (Wildman–Crippen LogP) is 2.22. The Morgan fingerprint density at radius 2 is 2.38 bits per heavy atom. The van der Waals surface area contributed by atoms with Crippen LogP contribution in [-0.2, 0) is 14.2 Å². The second kappa shape index (κ2) is 6.11. The average molecular weight is 186 g/mol. The lowest BCUT2D eigenvalue weighted by molar-refractivity contribution is 0.121. The Morgan fingerprint density at radius 1 is 1.77 bits per heavy atom. The van der Waals surface area contributed by atoms with E-state index in [-0.39, 0.29) is 6.10 Å². The van der Waals surface area contributed by atoms with Crippen molar-refractivity contribution in [1.82, 2.24) is 0 Å². The second-order valence-corrected chi connectivity index (χ2v) is 2.48. The van der Waals surface area contributed by atoms with E-state index >= 15 is 0 Å². The fraction of sp³-hybridized carbons (Fsp3) is 0.444. The van der Waals surface area contributed by atoms with E-state index in [0.29, 0.717) is 12.4 Å². The fourth-order valence-electron chi connectivity index (χ4n) is 0.560. The molecule has 4 heteroatoms. The van der Waals surface area contributed by atoms with Crippen molar-refractivity contribution >= 4 is 6.16 Å². The molecule has 74 valence electrons. The van der Waals surface area contributed by atoms with Gasteiger partial charge in [0.25, 0.3) is 0 Å². The van der Waals surface area contributed by atoms with E-state index in [9.17, 15) is 4.79 Å². The van der Waals surface area contributed by atoms with Gasteiger partial charge >= 0.3 is 6.16 Å². The first-order valence-corrected chi connectivity index (χ1v) is 3.82. The van der Waals surface area contributed by atoms with Crippen molar-refractivity contribution in [3.05, 3.63) is 25.2 Å². The predicted molar refractivity (Wildman–Crippen MR) is 48.0 cm³/mol. The maximum absolute atomic E-state index is 10.0. The Balaban J connectivity index is 0.000000226. The summed E-state index contributed by atoms with van der Waals surface area (Å²) in [5.74, 6) is 0.671. The van der Waals surface area contributed by atoms with Crippen LogP contribution in [0.15, 0.2) is 25.2 Å². The summed E-state index contributed by atoms with van der Waals surface area (Å²) in [6.45, 7) is 10.7. The van der Waals surface area contributed by atoms with E-state index in [4.69, 9.17) is 0 Å². The molecule has 0 spiro atoms. The number of allylic oxidation sites excluding steroid dienone is 1. The molecule has 1 rings (SSSR count). The van der Waals surface area contributed by atoms with Gasteiger partial charge in [0.05, 0.1) is 12.0 Å². The lowest BCUT2D eigenvalue weighted by Crippen LogP contribution is -2.01. The van der Waals surface area contributed by atoms with Crippen LogP contribution in [0.4, 0.5) is 4.79 Å². The summed E-state index contributed by atoms with van der Waals surface area (Å²) in [5, 5.41) is 0. The molecule has 0 N–H and O–H groups in total. The standard InChI is InChI=1S/C5H8O.C4H6O3/c1-4-6-5(2)3;1-3-2-6-4(5)7-3/h4H,1-2H2,3H3;3H,2H2,1H3. The Hall–Kier alpha value is -1.45. The minimum Gasteiger partial charge on any atom is -0.471 e. The number of carbonyl (C=O) groups excluding carboxylic acids is 1. The highest BCUT2D eigenvalue weighted by molar-refractivity contribution is 5.61. The molecule has 1 aliphatic heterocycles. The summed E-state index contributed by atoms with van der Waals surface area (Å²) in [6, 6.07) is 0. The summed E-state index contributed by atoms with van der Waals surface area (Å²) in [4.78, 5) is 10.0. The summed E-state index contributed by atoms with van der Waals surface area (Å²) in [6.07, 6.45) is 0.752. The molecule has 0 aromatic rings. The van der Waals surface area contributed by atoms with Crippen LogP contribution < -0.4 is 0 Å². The third kappa shape index (κ3) is 6.93. The summed E-state index contributed by atoms with van der Waals surface area (Å²) in [7, 11) is 0. The molecule has 0 bridgehead atoms. The Kier molecular flexibility index (Phi) is 5.43. The number of rotatable bonds is 2. The van der Waals surface area contributed by atoms with Crippen LogP contribution in [0.3, 0.4) is 0 Å². The van der Waals surface area contributed by atoms with Gasteiger partial charge in [0, 0.05) is 0 Å². The van der Waals surface area contributed by atoms with Gasteiger partial charge in [-0.25, -0.2) is 4.79 Å². The molecule has 1 unspecified atom stereocenters. The maximum atomic E-state index is 10.0. The highest BCUT2D eigenvalue weighted by Crippen LogP contribution is 2.02. The zero-order chi connectivity index (χ0) is 10.3. The molecule has 0 aromatic heterocycles. The van der Waals surface area contributed by atoms with E-state index in [0.717, 1.165) is 0 Å². The molecule has 1 aliphatic rings. The molecular formula is C9H14O4. The van der Waals surface area contributed by atoms with Crippen LogP contribution in [0.5, 0.6) is 0 Å². The number of hydrogen-bond donors (Lipinski definition) is 0. The van der Waals surface area contributed by atoms with Gasteiger partial charge in [-0.1, -0.05) is 13.2 Å². The van der Waals surface area contributed by atoms with Crippen molar-refractivity contribution in [3.63, 3.8) is 0 Å². The first-order chi connectivity index (χ1) is 6.06. The summed E-state index contributed by atoms with van der Waals surface area (Å²) in [5.41, 5.74) is 0. The van der Waals surface area contributed by atoms with Gasteiger partial charge < -0.3 is 14.2 Å².